The van der Waals surface area contributed by atoms with Crippen molar-refractivity contribution in [3.05, 3.63) is 70.9 Å². The third-order valence-electron chi connectivity index (χ3n) is 4.97. The maximum atomic E-state index is 12.3. The highest BCUT2D eigenvalue weighted by Gasteiger charge is 2.10. The zero-order chi connectivity index (χ0) is 18.6. The smallest absolute Gasteiger partial charge is 0.327 e. The van der Waals surface area contributed by atoms with Crippen molar-refractivity contribution in [3.8, 4) is 0 Å². The lowest BCUT2D eigenvalue weighted by molar-refractivity contribution is 0.547. The van der Waals surface area contributed by atoms with E-state index in [0.29, 0.717) is 6.54 Å². The molecule has 0 aliphatic heterocycles. The molecule has 0 saturated carbocycles. The van der Waals surface area contributed by atoms with Crippen LogP contribution in [0.25, 0.3) is 10.9 Å². The summed E-state index contributed by atoms with van der Waals surface area (Å²) in [5, 5.41) is 4.63. The predicted octanol–water partition coefficient (Wildman–Crippen LogP) is 2.91. The van der Waals surface area contributed by atoms with Gasteiger partial charge in [0.2, 0.25) is 0 Å². The van der Waals surface area contributed by atoms with Gasteiger partial charge in [-0.25, -0.2) is 9.78 Å². The van der Waals surface area contributed by atoms with Gasteiger partial charge < -0.3 is 14.9 Å². The Morgan fingerprint density at radius 3 is 2.96 bits per heavy atom. The number of rotatable bonds is 8. The lowest BCUT2D eigenvalue weighted by atomic mass is 10.1. The van der Waals surface area contributed by atoms with Crippen molar-refractivity contribution in [2.75, 3.05) is 11.9 Å². The number of benzene rings is 1. The number of aromatic amines is 2. The first kappa shape index (κ1) is 17.2. The van der Waals surface area contributed by atoms with Gasteiger partial charge in [-0.3, -0.25) is 9.55 Å². The van der Waals surface area contributed by atoms with E-state index in [1.165, 1.54) is 10.9 Å². The molecule has 3 aromatic heterocycles. The molecular formula is C20H24N6O. The fourth-order valence-electron chi connectivity index (χ4n) is 3.48. The summed E-state index contributed by atoms with van der Waals surface area (Å²) < 4.78 is 3.82. The maximum Gasteiger partial charge on any atom is 0.327 e. The molecule has 0 fully saturated rings. The van der Waals surface area contributed by atoms with Gasteiger partial charge in [0.05, 0.1) is 12.0 Å². The van der Waals surface area contributed by atoms with E-state index in [1.54, 1.807) is 17.1 Å². The summed E-state index contributed by atoms with van der Waals surface area (Å²) in [5.74, 6) is 0.808. The Kier molecular flexibility index (Phi) is 4.82. The number of fused-ring (bicyclic) bond motifs is 1. The average Bonchev–Trinajstić information content (AvgIpc) is 3.39. The molecule has 140 valence electrons. The molecule has 7 heteroatoms. The fraction of sp³-hybridized carbons (Fsp3) is 0.300. The molecule has 0 bridgehead atoms. The van der Waals surface area contributed by atoms with Crippen LogP contribution >= 0.6 is 0 Å². The first-order valence-corrected chi connectivity index (χ1v) is 9.26. The molecule has 3 N–H and O–H groups in total. The van der Waals surface area contributed by atoms with Gasteiger partial charge in [-0.1, -0.05) is 18.2 Å². The van der Waals surface area contributed by atoms with Gasteiger partial charge in [0, 0.05) is 49.1 Å². The third-order valence-corrected chi connectivity index (χ3v) is 4.97. The van der Waals surface area contributed by atoms with Crippen LogP contribution in [0.5, 0.6) is 0 Å². The number of imidazole rings is 2. The van der Waals surface area contributed by atoms with Crippen molar-refractivity contribution >= 4 is 16.7 Å². The van der Waals surface area contributed by atoms with Crippen molar-refractivity contribution in [2.24, 2.45) is 0 Å². The summed E-state index contributed by atoms with van der Waals surface area (Å²) >= 11 is 0. The lowest BCUT2D eigenvalue weighted by Gasteiger charge is -2.07. The van der Waals surface area contributed by atoms with Gasteiger partial charge in [-0.05, 0) is 31.4 Å². The summed E-state index contributed by atoms with van der Waals surface area (Å²) in [6, 6.07) is 8.30. The Morgan fingerprint density at radius 2 is 2.11 bits per heavy atom. The van der Waals surface area contributed by atoms with Gasteiger partial charge in [0.25, 0.3) is 0 Å². The summed E-state index contributed by atoms with van der Waals surface area (Å²) in [6.07, 6.45) is 9.32. The molecular weight excluding hydrogens is 340 g/mol. The quantitative estimate of drug-likeness (QED) is 0.449. The Morgan fingerprint density at radius 1 is 1.22 bits per heavy atom. The molecule has 0 saturated heterocycles. The summed E-state index contributed by atoms with van der Waals surface area (Å²) in [4.78, 5) is 22.5. The van der Waals surface area contributed by atoms with Crippen LogP contribution in [0.2, 0.25) is 0 Å². The largest absolute Gasteiger partial charge is 0.370 e. The Hall–Kier alpha value is -3.22. The van der Waals surface area contributed by atoms with Gasteiger partial charge in [-0.2, -0.15) is 0 Å². The molecule has 1 aromatic carbocycles. The Balaban J connectivity index is 1.36. The van der Waals surface area contributed by atoms with Gasteiger partial charge >= 0.3 is 5.69 Å². The van der Waals surface area contributed by atoms with Gasteiger partial charge in [0.1, 0.15) is 5.82 Å². The minimum absolute atomic E-state index is 0.0623. The van der Waals surface area contributed by atoms with Gasteiger partial charge in [0.15, 0.2) is 0 Å². The summed E-state index contributed by atoms with van der Waals surface area (Å²) in [5.41, 5.74) is 3.32. The van der Waals surface area contributed by atoms with Crippen molar-refractivity contribution in [1.29, 1.82) is 0 Å². The Labute approximate surface area is 157 Å². The lowest BCUT2D eigenvalue weighted by Crippen LogP contribution is -2.18. The second kappa shape index (κ2) is 7.57. The molecule has 7 nitrogen and oxygen atoms in total. The van der Waals surface area contributed by atoms with Crippen LogP contribution in [0.4, 0.5) is 5.82 Å². The molecule has 27 heavy (non-hydrogen) atoms. The minimum atomic E-state index is -0.0623. The average molecular weight is 364 g/mol. The highest BCUT2D eigenvalue weighted by molar-refractivity contribution is 5.83. The SMILES string of the molecule is Cc1c(NCCc2c[nH]c3ccccc23)[nH]c(=O)n1CCCn1ccnc1. The van der Waals surface area contributed by atoms with Crippen molar-refractivity contribution in [2.45, 2.75) is 32.9 Å². The number of hydrogen-bond acceptors (Lipinski definition) is 3. The molecule has 0 aliphatic carbocycles. The first-order chi connectivity index (χ1) is 13.2. The van der Waals surface area contributed by atoms with Crippen LogP contribution in [-0.4, -0.2) is 30.6 Å². The van der Waals surface area contributed by atoms with E-state index >= 15 is 0 Å². The predicted molar refractivity (Wildman–Crippen MR) is 107 cm³/mol. The molecule has 0 unspecified atom stereocenters. The molecule has 0 radical (unpaired) electrons. The van der Waals surface area contributed by atoms with E-state index in [0.717, 1.165) is 43.0 Å². The Bertz CT molecular complexity index is 1070. The van der Waals surface area contributed by atoms with Crippen LogP contribution in [0.15, 0.2) is 54.0 Å². The van der Waals surface area contributed by atoms with E-state index in [-0.39, 0.29) is 5.69 Å². The van der Waals surface area contributed by atoms with Crippen LogP contribution in [-0.2, 0) is 19.5 Å². The van der Waals surface area contributed by atoms with Crippen LogP contribution in [0.1, 0.15) is 17.7 Å². The zero-order valence-corrected chi connectivity index (χ0v) is 15.4. The highest BCUT2D eigenvalue weighted by Crippen LogP contribution is 2.18. The van der Waals surface area contributed by atoms with Crippen LogP contribution in [0.3, 0.4) is 0 Å². The molecule has 0 aliphatic rings. The van der Waals surface area contributed by atoms with Crippen LogP contribution in [0, 0.1) is 6.92 Å². The third kappa shape index (κ3) is 3.67. The van der Waals surface area contributed by atoms with E-state index in [9.17, 15) is 4.79 Å². The number of nitrogens with zero attached hydrogens (tertiary/aromatic N) is 3. The molecule has 3 heterocycles. The number of H-pyrrole nitrogens is 2. The summed E-state index contributed by atoms with van der Waals surface area (Å²) in [6.45, 7) is 4.27. The molecule has 0 atom stereocenters. The van der Waals surface area contributed by atoms with Crippen LogP contribution < -0.4 is 11.0 Å². The maximum absolute atomic E-state index is 12.3. The number of anilines is 1. The van der Waals surface area contributed by atoms with E-state index in [2.05, 4.69) is 44.7 Å². The molecule has 0 amide bonds. The second-order valence-corrected chi connectivity index (χ2v) is 6.73. The van der Waals surface area contributed by atoms with E-state index in [4.69, 9.17) is 0 Å². The van der Waals surface area contributed by atoms with Crippen molar-refractivity contribution in [3.63, 3.8) is 0 Å². The number of aromatic nitrogens is 5. The number of hydrogen-bond donors (Lipinski definition) is 3. The standard InChI is InChI=1S/C20H24N6O/c1-15-19(22-8-7-16-13-23-18-6-3-2-5-17(16)18)24-20(27)26(15)11-4-10-25-12-9-21-14-25/h2-3,5-6,9,12-14,22-23H,4,7-8,10-11H2,1H3,(H,24,27). The van der Waals surface area contributed by atoms with Gasteiger partial charge in [-0.15, -0.1) is 0 Å². The van der Waals surface area contributed by atoms with E-state index < -0.39 is 0 Å². The highest BCUT2D eigenvalue weighted by atomic mass is 16.1. The minimum Gasteiger partial charge on any atom is -0.370 e. The van der Waals surface area contributed by atoms with Crippen molar-refractivity contribution < 1.29 is 0 Å². The topological polar surface area (TPSA) is 83.4 Å². The summed E-state index contributed by atoms with van der Waals surface area (Å²) in [7, 11) is 0. The molecule has 4 rings (SSSR count). The normalized spacial score (nSPS) is 11.3. The second-order valence-electron chi connectivity index (χ2n) is 6.73. The van der Waals surface area contributed by atoms with Crippen molar-refractivity contribution in [1.82, 2.24) is 24.1 Å². The number of nitrogens with one attached hydrogen (secondary N) is 3. The number of aryl methyl sites for hydroxylation is 1. The zero-order valence-electron chi connectivity index (χ0n) is 15.4. The molecule has 4 aromatic rings. The van der Waals surface area contributed by atoms with E-state index in [1.807, 2.05) is 23.8 Å². The molecule has 0 spiro atoms. The number of para-hydroxylation sites is 1. The first-order valence-electron chi connectivity index (χ1n) is 9.26. The fourth-order valence-corrected chi connectivity index (χ4v) is 3.48. The monoisotopic (exact) mass is 364 g/mol.